The van der Waals surface area contributed by atoms with Gasteiger partial charge in [-0.3, -0.25) is 9.48 Å². The number of carbonyl (C=O) groups excluding carboxylic acids is 1. The van der Waals surface area contributed by atoms with Gasteiger partial charge in [-0.1, -0.05) is 23.7 Å². The van der Waals surface area contributed by atoms with Crippen LogP contribution in [-0.4, -0.2) is 15.7 Å². The van der Waals surface area contributed by atoms with E-state index in [4.69, 9.17) is 17.3 Å². The van der Waals surface area contributed by atoms with E-state index in [0.717, 1.165) is 27.1 Å². The molecule has 2 aromatic carbocycles. The number of primary amides is 1. The van der Waals surface area contributed by atoms with Gasteiger partial charge >= 0.3 is 0 Å². The number of nitrogens with zero attached hydrogens (tertiary/aromatic N) is 2. The third-order valence-electron chi connectivity index (χ3n) is 3.44. The summed E-state index contributed by atoms with van der Waals surface area (Å²) in [5.41, 5.74) is 9.05. The Morgan fingerprint density at radius 2 is 2.00 bits per heavy atom. The Labute approximate surface area is 152 Å². The van der Waals surface area contributed by atoms with Crippen LogP contribution in [0.15, 0.2) is 53.1 Å². The Kier molecular flexibility index (Phi) is 4.59. The highest BCUT2D eigenvalue weighted by Gasteiger charge is 2.10. The van der Waals surface area contributed by atoms with Gasteiger partial charge in [0, 0.05) is 30.2 Å². The van der Waals surface area contributed by atoms with Crippen LogP contribution in [0.25, 0.3) is 11.3 Å². The SMILES string of the molecule is Cn1cc(Br)c(-c2cccc(Nc3ccc(C(N)=O)c(Cl)c3)c2)n1. The number of halogens is 2. The number of nitrogens with two attached hydrogens (primary N) is 1. The smallest absolute Gasteiger partial charge is 0.250 e. The fraction of sp³-hybridized carbons (Fsp3) is 0.0588. The Morgan fingerprint density at radius 1 is 1.25 bits per heavy atom. The first-order valence-corrected chi connectivity index (χ1v) is 8.27. The maximum atomic E-state index is 11.2. The van der Waals surface area contributed by atoms with Crippen LogP contribution in [0.4, 0.5) is 11.4 Å². The Morgan fingerprint density at radius 3 is 2.62 bits per heavy atom. The number of aromatic nitrogens is 2. The van der Waals surface area contributed by atoms with Gasteiger partial charge in [0.05, 0.1) is 15.1 Å². The second-order valence-electron chi connectivity index (χ2n) is 5.26. The molecule has 1 heterocycles. The Balaban J connectivity index is 1.89. The summed E-state index contributed by atoms with van der Waals surface area (Å²) in [6.07, 6.45) is 1.90. The minimum atomic E-state index is -0.548. The monoisotopic (exact) mass is 404 g/mol. The van der Waals surface area contributed by atoms with E-state index in [1.165, 1.54) is 0 Å². The van der Waals surface area contributed by atoms with E-state index in [9.17, 15) is 4.79 Å². The van der Waals surface area contributed by atoms with E-state index in [2.05, 4.69) is 26.3 Å². The van der Waals surface area contributed by atoms with Gasteiger partial charge in [0.1, 0.15) is 5.69 Å². The van der Waals surface area contributed by atoms with Crippen molar-refractivity contribution in [2.24, 2.45) is 12.8 Å². The molecule has 122 valence electrons. The van der Waals surface area contributed by atoms with Crippen molar-refractivity contribution >= 4 is 44.8 Å². The Hall–Kier alpha value is -2.31. The summed E-state index contributed by atoms with van der Waals surface area (Å²) in [5, 5.41) is 8.02. The van der Waals surface area contributed by atoms with Gasteiger partial charge in [-0.15, -0.1) is 0 Å². The summed E-state index contributed by atoms with van der Waals surface area (Å²) in [7, 11) is 1.87. The molecule has 0 spiro atoms. The molecular weight excluding hydrogens is 392 g/mol. The third kappa shape index (κ3) is 3.44. The standard InChI is InChI=1S/C17H14BrClN4O/c1-23-9-14(18)16(22-23)10-3-2-4-11(7-10)21-12-5-6-13(17(20)24)15(19)8-12/h2-9,21H,1H3,(H2,20,24). The maximum absolute atomic E-state index is 11.2. The molecule has 0 radical (unpaired) electrons. The zero-order valence-electron chi connectivity index (χ0n) is 12.8. The molecule has 3 rings (SSSR count). The van der Waals surface area contributed by atoms with E-state index < -0.39 is 5.91 Å². The highest BCUT2D eigenvalue weighted by molar-refractivity contribution is 9.10. The lowest BCUT2D eigenvalue weighted by molar-refractivity contribution is 0.100. The molecule has 0 aliphatic rings. The number of aryl methyl sites for hydroxylation is 1. The number of benzene rings is 2. The molecule has 0 aliphatic heterocycles. The number of rotatable bonds is 4. The number of amides is 1. The lowest BCUT2D eigenvalue weighted by Gasteiger charge is -2.09. The van der Waals surface area contributed by atoms with Gasteiger partial charge in [0.25, 0.3) is 0 Å². The fourth-order valence-corrected chi connectivity index (χ4v) is 3.24. The molecule has 5 nitrogen and oxygen atoms in total. The molecule has 0 fully saturated rings. The predicted octanol–water partition coefficient (Wildman–Crippen LogP) is 4.35. The number of anilines is 2. The van der Waals surface area contributed by atoms with E-state index in [0.29, 0.717) is 10.6 Å². The first kappa shape index (κ1) is 16.5. The summed E-state index contributed by atoms with van der Waals surface area (Å²) < 4.78 is 2.68. The van der Waals surface area contributed by atoms with Gasteiger partial charge in [-0.25, -0.2) is 0 Å². The maximum Gasteiger partial charge on any atom is 0.250 e. The number of hydrogen-bond donors (Lipinski definition) is 2. The largest absolute Gasteiger partial charge is 0.366 e. The van der Waals surface area contributed by atoms with E-state index >= 15 is 0 Å². The third-order valence-corrected chi connectivity index (χ3v) is 4.34. The summed E-state index contributed by atoms with van der Waals surface area (Å²) in [6.45, 7) is 0. The second-order valence-corrected chi connectivity index (χ2v) is 6.53. The van der Waals surface area contributed by atoms with Crippen molar-refractivity contribution in [2.75, 3.05) is 5.32 Å². The molecule has 0 saturated heterocycles. The number of nitrogens with one attached hydrogen (secondary N) is 1. The van der Waals surface area contributed by atoms with Gasteiger partial charge < -0.3 is 11.1 Å². The molecule has 0 aliphatic carbocycles. The van der Waals surface area contributed by atoms with E-state index in [1.807, 2.05) is 37.5 Å². The van der Waals surface area contributed by atoms with Crippen molar-refractivity contribution in [1.29, 1.82) is 0 Å². The second kappa shape index (κ2) is 6.67. The van der Waals surface area contributed by atoms with Crippen molar-refractivity contribution in [3.05, 3.63) is 63.7 Å². The molecule has 0 saturated carbocycles. The minimum Gasteiger partial charge on any atom is -0.366 e. The number of carbonyl (C=O) groups is 1. The lowest BCUT2D eigenvalue weighted by Crippen LogP contribution is -2.11. The van der Waals surface area contributed by atoms with Gasteiger partial charge in [-0.05, 0) is 46.3 Å². The molecule has 0 unspecified atom stereocenters. The molecule has 3 N–H and O–H groups in total. The molecule has 0 bridgehead atoms. The van der Waals surface area contributed by atoms with Crippen LogP contribution in [0.2, 0.25) is 5.02 Å². The van der Waals surface area contributed by atoms with E-state index in [1.54, 1.807) is 22.9 Å². The van der Waals surface area contributed by atoms with Crippen LogP contribution < -0.4 is 11.1 Å². The topological polar surface area (TPSA) is 72.9 Å². The minimum absolute atomic E-state index is 0.299. The molecule has 7 heteroatoms. The zero-order valence-corrected chi connectivity index (χ0v) is 15.1. The Bertz CT molecular complexity index is 923. The van der Waals surface area contributed by atoms with Crippen molar-refractivity contribution in [1.82, 2.24) is 9.78 Å². The molecular formula is C17H14BrClN4O. The van der Waals surface area contributed by atoms with Crippen LogP contribution >= 0.6 is 27.5 Å². The van der Waals surface area contributed by atoms with Crippen molar-refractivity contribution in [3.8, 4) is 11.3 Å². The van der Waals surface area contributed by atoms with Crippen LogP contribution in [0, 0.1) is 0 Å². The normalized spacial score (nSPS) is 10.6. The van der Waals surface area contributed by atoms with Gasteiger partial charge in [0.2, 0.25) is 5.91 Å². The number of hydrogen-bond acceptors (Lipinski definition) is 3. The highest BCUT2D eigenvalue weighted by atomic mass is 79.9. The fourth-order valence-electron chi connectivity index (χ4n) is 2.36. The zero-order chi connectivity index (χ0) is 17.3. The van der Waals surface area contributed by atoms with Crippen LogP contribution in [0.1, 0.15) is 10.4 Å². The van der Waals surface area contributed by atoms with Gasteiger partial charge in [-0.2, -0.15) is 5.10 Å². The lowest BCUT2D eigenvalue weighted by atomic mass is 10.1. The molecule has 24 heavy (non-hydrogen) atoms. The first-order valence-electron chi connectivity index (χ1n) is 7.10. The van der Waals surface area contributed by atoms with Gasteiger partial charge in [0.15, 0.2) is 0 Å². The summed E-state index contributed by atoms with van der Waals surface area (Å²) in [6, 6.07) is 12.9. The summed E-state index contributed by atoms with van der Waals surface area (Å²) >= 11 is 9.59. The average molecular weight is 406 g/mol. The average Bonchev–Trinajstić information content (AvgIpc) is 2.86. The van der Waals surface area contributed by atoms with E-state index in [-0.39, 0.29) is 0 Å². The molecule has 1 amide bonds. The molecule has 3 aromatic rings. The van der Waals surface area contributed by atoms with Crippen LogP contribution in [0.3, 0.4) is 0 Å². The summed E-state index contributed by atoms with van der Waals surface area (Å²) in [5.74, 6) is -0.548. The molecule has 0 atom stereocenters. The summed E-state index contributed by atoms with van der Waals surface area (Å²) in [4.78, 5) is 11.2. The van der Waals surface area contributed by atoms with Crippen molar-refractivity contribution < 1.29 is 4.79 Å². The van der Waals surface area contributed by atoms with Crippen molar-refractivity contribution in [3.63, 3.8) is 0 Å². The highest BCUT2D eigenvalue weighted by Crippen LogP contribution is 2.30. The molecule has 1 aromatic heterocycles. The quantitative estimate of drug-likeness (QED) is 0.678. The van der Waals surface area contributed by atoms with Crippen LogP contribution in [-0.2, 0) is 7.05 Å². The van der Waals surface area contributed by atoms with Crippen LogP contribution in [0.5, 0.6) is 0 Å². The van der Waals surface area contributed by atoms with Crippen molar-refractivity contribution in [2.45, 2.75) is 0 Å². The first-order chi connectivity index (χ1) is 11.4. The predicted molar refractivity (Wildman–Crippen MR) is 99.6 cm³/mol.